The van der Waals surface area contributed by atoms with Gasteiger partial charge < -0.3 is 9.88 Å². The molecule has 0 unspecified atom stereocenters. The Morgan fingerprint density at radius 1 is 1.14 bits per heavy atom. The quantitative estimate of drug-likeness (QED) is 0.694. The predicted octanol–water partition coefficient (Wildman–Crippen LogP) is 2.33. The first-order valence-corrected chi connectivity index (χ1v) is 7.64. The number of benzene rings is 2. The first-order chi connectivity index (χ1) is 10.9. The van der Waals surface area contributed by atoms with Crippen molar-refractivity contribution in [2.75, 3.05) is 6.67 Å². The number of aliphatic imine (C=N–C) groups is 1. The van der Waals surface area contributed by atoms with Crippen LogP contribution in [0.25, 0.3) is 21.8 Å². The summed E-state index contributed by atoms with van der Waals surface area (Å²) in [6, 6.07) is 15.3. The Morgan fingerprint density at radius 3 is 2.82 bits per heavy atom. The average Bonchev–Trinajstić information content (AvgIpc) is 3.18. The number of fused-ring (bicyclic) bond motifs is 3. The molecule has 1 aliphatic heterocycles. The first-order valence-electron chi connectivity index (χ1n) is 7.64. The molecule has 0 atom stereocenters. The van der Waals surface area contributed by atoms with Crippen molar-refractivity contribution >= 4 is 27.8 Å². The third-order valence-corrected chi connectivity index (χ3v) is 4.14. The SMILES string of the molecule is CCn1c2ccccc2c2cc(CNC3=NCNN3)ccc21. The molecule has 1 aromatic heterocycles. The maximum absolute atomic E-state index is 4.26. The van der Waals surface area contributed by atoms with E-state index in [9.17, 15) is 0 Å². The summed E-state index contributed by atoms with van der Waals surface area (Å²) in [6.07, 6.45) is 0. The summed E-state index contributed by atoms with van der Waals surface area (Å²) in [5, 5.41) is 5.94. The Hall–Kier alpha value is -2.53. The summed E-state index contributed by atoms with van der Waals surface area (Å²) in [4.78, 5) is 4.26. The van der Waals surface area contributed by atoms with Gasteiger partial charge in [0.15, 0.2) is 0 Å². The van der Waals surface area contributed by atoms with Crippen LogP contribution in [-0.4, -0.2) is 17.2 Å². The molecule has 0 bridgehead atoms. The minimum absolute atomic E-state index is 0.616. The number of aryl methyl sites for hydroxylation is 1. The van der Waals surface area contributed by atoms with Crippen molar-refractivity contribution in [1.29, 1.82) is 0 Å². The van der Waals surface area contributed by atoms with E-state index >= 15 is 0 Å². The van der Waals surface area contributed by atoms with Crippen LogP contribution in [0.1, 0.15) is 12.5 Å². The Balaban J connectivity index is 1.75. The lowest BCUT2D eigenvalue weighted by atomic mass is 10.1. The van der Waals surface area contributed by atoms with Gasteiger partial charge in [0.05, 0.1) is 0 Å². The smallest absolute Gasteiger partial charge is 0.207 e. The van der Waals surface area contributed by atoms with E-state index in [4.69, 9.17) is 0 Å². The van der Waals surface area contributed by atoms with E-state index in [-0.39, 0.29) is 0 Å². The number of rotatable bonds is 3. The fraction of sp³-hybridized carbons (Fsp3) is 0.235. The van der Waals surface area contributed by atoms with Crippen molar-refractivity contribution in [3.05, 3.63) is 48.0 Å². The monoisotopic (exact) mass is 293 g/mol. The van der Waals surface area contributed by atoms with E-state index < -0.39 is 0 Å². The summed E-state index contributed by atoms with van der Waals surface area (Å²) in [7, 11) is 0. The minimum atomic E-state index is 0.616. The lowest BCUT2D eigenvalue weighted by Crippen LogP contribution is -2.38. The number of aromatic nitrogens is 1. The van der Waals surface area contributed by atoms with Crippen molar-refractivity contribution in [3.8, 4) is 0 Å². The normalized spacial score (nSPS) is 14.3. The lowest BCUT2D eigenvalue weighted by molar-refractivity contribution is 0.713. The topological polar surface area (TPSA) is 53.4 Å². The molecular formula is C17H19N5. The van der Waals surface area contributed by atoms with Crippen LogP contribution in [0, 0.1) is 0 Å². The van der Waals surface area contributed by atoms with Gasteiger partial charge >= 0.3 is 0 Å². The molecule has 2 aromatic carbocycles. The maximum Gasteiger partial charge on any atom is 0.207 e. The number of guanidine groups is 1. The van der Waals surface area contributed by atoms with Crippen LogP contribution in [0.5, 0.6) is 0 Å². The second kappa shape index (κ2) is 5.35. The van der Waals surface area contributed by atoms with Crippen LogP contribution in [0.2, 0.25) is 0 Å². The van der Waals surface area contributed by atoms with Crippen LogP contribution < -0.4 is 16.2 Å². The molecule has 22 heavy (non-hydrogen) atoms. The van der Waals surface area contributed by atoms with Gasteiger partial charge in [0.2, 0.25) is 5.96 Å². The number of nitrogens with zero attached hydrogens (tertiary/aromatic N) is 2. The summed E-state index contributed by atoms with van der Waals surface area (Å²) >= 11 is 0. The molecule has 0 fully saturated rings. The van der Waals surface area contributed by atoms with E-state index in [1.807, 2.05) is 0 Å². The fourth-order valence-electron chi connectivity index (χ4n) is 3.12. The highest BCUT2D eigenvalue weighted by Crippen LogP contribution is 2.29. The highest BCUT2D eigenvalue weighted by Gasteiger charge is 2.10. The fourth-order valence-corrected chi connectivity index (χ4v) is 3.12. The van der Waals surface area contributed by atoms with Crippen LogP contribution in [0.4, 0.5) is 0 Å². The third kappa shape index (κ3) is 2.10. The van der Waals surface area contributed by atoms with Gasteiger partial charge in [0.1, 0.15) is 6.67 Å². The van der Waals surface area contributed by atoms with Gasteiger partial charge in [-0.15, -0.1) is 0 Å². The summed E-state index contributed by atoms with van der Waals surface area (Å²) < 4.78 is 2.37. The third-order valence-electron chi connectivity index (χ3n) is 4.14. The number of hydrogen-bond donors (Lipinski definition) is 3. The lowest BCUT2D eigenvalue weighted by Gasteiger charge is -2.07. The molecule has 0 amide bonds. The molecule has 5 heteroatoms. The Morgan fingerprint density at radius 2 is 2.00 bits per heavy atom. The van der Waals surface area contributed by atoms with Crippen LogP contribution in [-0.2, 0) is 13.1 Å². The van der Waals surface area contributed by atoms with Gasteiger partial charge in [-0.25, -0.2) is 10.4 Å². The molecule has 2 heterocycles. The molecule has 3 aromatic rings. The molecule has 0 aliphatic carbocycles. The molecule has 0 radical (unpaired) electrons. The molecule has 5 nitrogen and oxygen atoms in total. The maximum atomic E-state index is 4.26. The highest BCUT2D eigenvalue weighted by molar-refractivity contribution is 6.08. The van der Waals surface area contributed by atoms with Gasteiger partial charge in [0.25, 0.3) is 0 Å². The van der Waals surface area contributed by atoms with E-state index in [2.05, 4.69) is 75.1 Å². The number of hydrogen-bond acceptors (Lipinski definition) is 4. The number of nitrogens with one attached hydrogen (secondary N) is 3. The summed E-state index contributed by atoms with van der Waals surface area (Å²) in [5.41, 5.74) is 9.80. The molecule has 112 valence electrons. The summed E-state index contributed by atoms with van der Waals surface area (Å²) in [5.74, 6) is 0.802. The number of hydrazine groups is 1. The van der Waals surface area contributed by atoms with Crippen molar-refractivity contribution in [3.63, 3.8) is 0 Å². The Bertz CT molecular complexity index is 862. The summed E-state index contributed by atoms with van der Waals surface area (Å²) in [6.45, 7) is 4.55. The second-order valence-corrected chi connectivity index (χ2v) is 5.43. The predicted molar refractivity (Wildman–Crippen MR) is 90.5 cm³/mol. The van der Waals surface area contributed by atoms with Gasteiger partial charge in [-0.1, -0.05) is 24.3 Å². The minimum Gasteiger partial charge on any atom is -0.351 e. The largest absolute Gasteiger partial charge is 0.351 e. The molecule has 0 saturated heterocycles. The zero-order valence-electron chi connectivity index (χ0n) is 12.6. The van der Waals surface area contributed by atoms with Gasteiger partial charge in [-0.3, -0.25) is 5.43 Å². The van der Waals surface area contributed by atoms with E-state index in [0.29, 0.717) is 6.67 Å². The average molecular weight is 293 g/mol. The molecule has 0 spiro atoms. The first kappa shape index (κ1) is 13.2. The number of para-hydroxylation sites is 1. The zero-order valence-corrected chi connectivity index (χ0v) is 12.6. The molecule has 1 aliphatic rings. The van der Waals surface area contributed by atoms with Crippen LogP contribution in [0.3, 0.4) is 0 Å². The van der Waals surface area contributed by atoms with E-state index in [0.717, 1.165) is 19.0 Å². The van der Waals surface area contributed by atoms with E-state index in [1.54, 1.807) is 0 Å². The Kier molecular flexibility index (Phi) is 3.20. The van der Waals surface area contributed by atoms with Crippen molar-refractivity contribution in [2.45, 2.75) is 20.0 Å². The van der Waals surface area contributed by atoms with Gasteiger partial charge in [-0.05, 0) is 30.7 Å². The van der Waals surface area contributed by atoms with Crippen LogP contribution >= 0.6 is 0 Å². The highest BCUT2D eigenvalue weighted by atomic mass is 15.5. The molecule has 4 rings (SSSR count). The molecule has 0 saturated carbocycles. The van der Waals surface area contributed by atoms with Crippen LogP contribution in [0.15, 0.2) is 47.5 Å². The molecule has 3 N–H and O–H groups in total. The van der Waals surface area contributed by atoms with Gasteiger partial charge in [-0.2, -0.15) is 0 Å². The Labute approximate surface area is 129 Å². The molecular weight excluding hydrogens is 274 g/mol. The van der Waals surface area contributed by atoms with Gasteiger partial charge in [0, 0.05) is 34.9 Å². The van der Waals surface area contributed by atoms with Crippen molar-refractivity contribution in [1.82, 2.24) is 20.7 Å². The van der Waals surface area contributed by atoms with Crippen molar-refractivity contribution in [2.24, 2.45) is 4.99 Å². The van der Waals surface area contributed by atoms with Crippen molar-refractivity contribution < 1.29 is 0 Å². The zero-order chi connectivity index (χ0) is 14.9. The standard InChI is InChI=1S/C17H19N5/c1-2-22-15-6-4-3-5-13(15)14-9-12(7-8-16(14)22)10-18-17-19-11-20-21-17/h3-9,20H,2,10-11H2,1H3,(H2,18,19,21). The second-order valence-electron chi connectivity index (χ2n) is 5.43. The van der Waals surface area contributed by atoms with E-state index in [1.165, 1.54) is 27.4 Å².